The van der Waals surface area contributed by atoms with E-state index in [1.165, 1.54) is 12.1 Å². The topological polar surface area (TPSA) is 75.3 Å². The number of aryl methyl sites for hydroxylation is 1. The highest BCUT2D eigenvalue weighted by Crippen LogP contribution is 2.22. The molecule has 2 rings (SSSR count). The molecule has 6 heteroatoms. The van der Waals surface area contributed by atoms with Crippen LogP contribution in [0.5, 0.6) is 0 Å². The first-order valence-corrected chi connectivity index (χ1v) is 9.80. The number of hydrogen-bond acceptors (Lipinski definition) is 3. The summed E-state index contributed by atoms with van der Waals surface area (Å²) in [4.78, 5) is 12.2. The van der Waals surface area contributed by atoms with Gasteiger partial charge >= 0.3 is 0 Å². The summed E-state index contributed by atoms with van der Waals surface area (Å²) >= 11 is 0. The van der Waals surface area contributed by atoms with Crippen molar-refractivity contribution < 1.29 is 13.2 Å². The number of nitrogens with one attached hydrogen (secondary N) is 2. The van der Waals surface area contributed by atoms with Gasteiger partial charge in [-0.15, -0.1) is 0 Å². The molecular weight excluding hydrogens is 336 g/mol. The number of amides is 1. The summed E-state index contributed by atoms with van der Waals surface area (Å²) in [5, 5.41) is 2.79. The molecule has 0 radical (unpaired) electrons. The predicted molar refractivity (Wildman–Crippen MR) is 100 cm³/mol. The molecule has 5 nitrogen and oxygen atoms in total. The van der Waals surface area contributed by atoms with Gasteiger partial charge in [0.1, 0.15) is 0 Å². The third-order valence-electron chi connectivity index (χ3n) is 4.07. The van der Waals surface area contributed by atoms with Crippen molar-refractivity contribution in [3.63, 3.8) is 0 Å². The molecule has 0 bridgehead atoms. The number of hydrogen-bond donors (Lipinski definition) is 2. The van der Waals surface area contributed by atoms with E-state index in [0.29, 0.717) is 17.8 Å². The van der Waals surface area contributed by atoms with Gasteiger partial charge in [-0.05, 0) is 55.7 Å². The fourth-order valence-electron chi connectivity index (χ4n) is 2.35. The molecule has 0 spiro atoms. The van der Waals surface area contributed by atoms with E-state index in [1.807, 2.05) is 26.8 Å². The largest absolute Gasteiger partial charge is 0.352 e. The third-order valence-corrected chi connectivity index (χ3v) is 5.43. The Morgan fingerprint density at radius 3 is 2.52 bits per heavy atom. The van der Waals surface area contributed by atoms with Gasteiger partial charge in [-0.25, -0.2) is 8.42 Å². The van der Waals surface area contributed by atoms with Gasteiger partial charge < -0.3 is 5.32 Å². The summed E-state index contributed by atoms with van der Waals surface area (Å²) in [6.45, 7) is 6.41. The fraction of sp³-hybridized carbons (Fsp3) is 0.316. The summed E-state index contributed by atoms with van der Waals surface area (Å²) in [6, 6.07) is 11.5. The second kappa shape index (κ2) is 8.16. The quantitative estimate of drug-likeness (QED) is 0.740. The first kappa shape index (κ1) is 19.0. The second-order valence-electron chi connectivity index (χ2n) is 5.99. The van der Waals surface area contributed by atoms with Crippen LogP contribution in [0.4, 0.5) is 5.69 Å². The normalized spacial score (nSPS) is 11.2. The van der Waals surface area contributed by atoms with E-state index in [0.717, 1.165) is 24.0 Å². The van der Waals surface area contributed by atoms with Gasteiger partial charge in [0.15, 0.2) is 0 Å². The highest BCUT2D eigenvalue weighted by atomic mass is 32.2. The molecule has 1 amide bonds. The van der Waals surface area contributed by atoms with Crippen molar-refractivity contribution in [3.8, 4) is 0 Å². The SMILES string of the molecule is CCCCNC(=O)c1cccc(S(=O)(=O)Nc2cccc(C)c2C)c1. The molecule has 0 atom stereocenters. The lowest BCUT2D eigenvalue weighted by Gasteiger charge is -2.13. The van der Waals surface area contributed by atoms with Gasteiger partial charge in [0, 0.05) is 12.1 Å². The lowest BCUT2D eigenvalue weighted by molar-refractivity contribution is 0.0953. The van der Waals surface area contributed by atoms with Crippen LogP contribution in [0, 0.1) is 13.8 Å². The molecule has 0 aromatic heterocycles. The standard InChI is InChI=1S/C19H24N2O3S/c1-4-5-12-20-19(22)16-9-7-10-17(13-16)25(23,24)21-18-11-6-8-14(2)15(18)3/h6-11,13,21H,4-5,12H2,1-3H3,(H,20,22). The van der Waals surface area contributed by atoms with Crippen LogP contribution < -0.4 is 10.0 Å². The van der Waals surface area contributed by atoms with Crippen molar-refractivity contribution >= 4 is 21.6 Å². The minimum Gasteiger partial charge on any atom is -0.352 e. The van der Waals surface area contributed by atoms with Crippen LogP contribution in [0.2, 0.25) is 0 Å². The van der Waals surface area contributed by atoms with Crippen LogP contribution in [0.3, 0.4) is 0 Å². The maximum absolute atomic E-state index is 12.7. The number of sulfonamides is 1. The summed E-state index contributed by atoms with van der Waals surface area (Å²) in [5.41, 5.74) is 2.75. The van der Waals surface area contributed by atoms with Crippen molar-refractivity contribution in [2.24, 2.45) is 0 Å². The Hall–Kier alpha value is -2.34. The van der Waals surface area contributed by atoms with Crippen LogP contribution in [-0.4, -0.2) is 20.9 Å². The molecule has 0 saturated carbocycles. The Kier molecular flexibility index (Phi) is 6.20. The molecule has 0 unspecified atom stereocenters. The van der Waals surface area contributed by atoms with Crippen molar-refractivity contribution in [2.75, 3.05) is 11.3 Å². The van der Waals surface area contributed by atoms with Crippen LogP contribution in [-0.2, 0) is 10.0 Å². The van der Waals surface area contributed by atoms with Gasteiger partial charge in [-0.3, -0.25) is 9.52 Å². The Labute approximate surface area is 149 Å². The van der Waals surface area contributed by atoms with E-state index in [9.17, 15) is 13.2 Å². The first-order chi connectivity index (χ1) is 11.8. The third kappa shape index (κ3) is 4.82. The Morgan fingerprint density at radius 1 is 1.08 bits per heavy atom. The number of benzene rings is 2. The van der Waals surface area contributed by atoms with E-state index < -0.39 is 10.0 Å². The molecule has 2 aromatic rings. The highest BCUT2D eigenvalue weighted by Gasteiger charge is 2.17. The van der Waals surface area contributed by atoms with Crippen LogP contribution in [0.1, 0.15) is 41.3 Å². The zero-order valence-electron chi connectivity index (χ0n) is 14.8. The molecule has 134 valence electrons. The van der Waals surface area contributed by atoms with Gasteiger partial charge in [0.25, 0.3) is 15.9 Å². The van der Waals surface area contributed by atoms with Crippen molar-refractivity contribution in [1.82, 2.24) is 5.32 Å². The van der Waals surface area contributed by atoms with Gasteiger partial charge in [0.05, 0.1) is 10.6 Å². The maximum Gasteiger partial charge on any atom is 0.261 e. The Morgan fingerprint density at radius 2 is 1.80 bits per heavy atom. The van der Waals surface area contributed by atoms with Crippen molar-refractivity contribution in [3.05, 3.63) is 59.2 Å². The highest BCUT2D eigenvalue weighted by molar-refractivity contribution is 7.92. The maximum atomic E-state index is 12.7. The molecule has 2 aromatic carbocycles. The molecule has 25 heavy (non-hydrogen) atoms. The average Bonchev–Trinajstić information content (AvgIpc) is 2.59. The Bertz CT molecular complexity index is 861. The average molecular weight is 360 g/mol. The van der Waals surface area contributed by atoms with E-state index >= 15 is 0 Å². The summed E-state index contributed by atoms with van der Waals surface area (Å²) in [6.07, 6.45) is 1.87. The molecule has 0 aliphatic heterocycles. The van der Waals surface area contributed by atoms with Crippen LogP contribution >= 0.6 is 0 Å². The zero-order valence-corrected chi connectivity index (χ0v) is 15.6. The number of anilines is 1. The number of carbonyl (C=O) groups is 1. The molecule has 0 fully saturated rings. The lowest BCUT2D eigenvalue weighted by Crippen LogP contribution is -2.24. The van der Waals surface area contributed by atoms with E-state index in [2.05, 4.69) is 10.0 Å². The number of carbonyl (C=O) groups excluding carboxylic acids is 1. The Balaban J connectivity index is 2.23. The molecular formula is C19H24N2O3S. The molecule has 0 aliphatic carbocycles. The summed E-state index contributed by atoms with van der Waals surface area (Å²) < 4.78 is 27.9. The van der Waals surface area contributed by atoms with Crippen LogP contribution in [0.25, 0.3) is 0 Å². The van der Waals surface area contributed by atoms with Gasteiger partial charge in [0.2, 0.25) is 0 Å². The molecule has 0 heterocycles. The minimum atomic E-state index is -3.76. The van der Waals surface area contributed by atoms with Gasteiger partial charge in [-0.2, -0.15) is 0 Å². The lowest BCUT2D eigenvalue weighted by atomic mass is 10.1. The minimum absolute atomic E-state index is 0.0662. The zero-order chi connectivity index (χ0) is 18.4. The second-order valence-corrected chi connectivity index (χ2v) is 7.67. The smallest absolute Gasteiger partial charge is 0.261 e. The summed E-state index contributed by atoms with van der Waals surface area (Å²) in [7, 11) is -3.76. The predicted octanol–water partition coefficient (Wildman–Crippen LogP) is 3.63. The number of unbranched alkanes of at least 4 members (excludes halogenated alkanes) is 1. The van der Waals surface area contributed by atoms with Crippen LogP contribution in [0.15, 0.2) is 47.4 Å². The molecule has 0 saturated heterocycles. The van der Waals surface area contributed by atoms with E-state index in [-0.39, 0.29) is 10.8 Å². The van der Waals surface area contributed by atoms with Crippen molar-refractivity contribution in [2.45, 2.75) is 38.5 Å². The first-order valence-electron chi connectivity index (χ1n) is 8.32. The van der Waals surface area contributed by atoms with Gasteiger partial charge in [-0.1, -0.05) is 31.5 Å². The number of rotatable bonds is 7. The van der Waals surface area contributed by atoms with Crippen molar-refractivity contribution in [1.29, 1.82) is 0 Å². The summed E-state index contributed by atoms with van der Waals surface area (Å²) in [5.74, 6) is -0.266. The molecule has 2 N–H and O–H groups in total. The molecule has 0 aliphatic rings. The monoisotopic (exact) mass is 360 g/mol. The fourth-order valence-corrected chi connectivity index (χ4v) is 3.52. The van der Waals surface area contributed by atoms with E-state index in [1.54, 1.807) is 24.3 Å². The van der Waals surface area contributed by atoms with E-state index in [4.69, 9.17) is 0 Å².